The molecule has 0 aliphatic carbocycles. The van der Waals surface area contributed by atoms with Crippen molar-refractivity contribution in [1.29, 1.82) is 0 Å². The van der Waals surface area contributed by atoms with Crippen LogP contribution in [0, 0.1) is 0 Å². The number of hydrogen-bond acceptors (Lipinski definition) is 5. The van der Waals surface area contributed by atoms with Crippen LogP contribution in [-0.2, 0) is 13.6 Å². The van der Waals surface area contributed by atoms with Crippen LogP contribution in [0.2, 0.25) is 0 Å². The van der Waals surface area contributed by atoms with Gasteiger partial charge < -0.3 is 20.4 Å². The monoisotopic (exact) mass is 261 g/mol. The molecule has 1 heterocycles. The number of benzene rings is 1. The first-order valence-electron chi connectivity index (χ1n) is 6.30. The Kier molecular flexibility index (Phi) is 4.22. The summed E-state index contributed by atoms with van der Waals surface area (Å²) in [6.45, 7) is 3.29. The molecule has 0 bridgehead atoms. The normalized spacial score (nSPS) is 10.4. The molecule has 6 nitrogen and oxygen atoms in total. The Balaban J connectivity index is 2.06. The van der Waals surface area contributed by atoms with E-state index in [2.05, 4.69) is 22.4 Å². The average Bonchev–Trinajstić information content (AvgIpc) is 2.82. The number of aromatic nitrogens is 3. The number of aryl methyl sites for hydroxylation is 1. The van der Waals surface area contributed by atoms with Crippen molar-refractivity contribution < 1.29 is 4.74 Å². The van der Waals surface area contributed by atoms with E-state index in [1.54, 1.807) is 6.33 Å². The van der Waals surface area contributed by atoms with Gasteiger partial charge in [-0.15, -0.1) is 10.2 Å². The summed E-state index contributed by atoms with van der Waals surface area (Å²) in [6.07, 6.45) is 2.62. The first-order chi connectivity index (χ1) is 9.22. The zero-order valence-electron chi connectivity index (χ0n) is 11.3. The minimum Gasteiger partial charge on any atom is -0.491 e. The summed E-state index contributed by atoms with van der Waals surface area (Å²) in [7, 11) is 1.90. The van der Waals surface area contributed by atoms with Crippen LogP contribution in [0.1, 0.15) is 19.2 Å². The third kappa shape index (κ3) is 3.15. The summed E-state index contributed by atoms with van der Waals surface area (Å²) in [5.41, 5.74) is 7.54. The van der Waals surface area contributed by atoms with Crippen molar-refractivity contribution in [3.8, 4) is 5.75 Å². The van der Waals surface area contributed by atoms with Gasteiger partial charge in [0.15, 0.2) is 5.82 Å². The topological polar surface area (TPSA) is 78.0 Å². The molecule has 2 aromatic rings. The first-order valence-corrected chi connectivity index (χ1v) is 6.30. The van der Waals surface area contributed by atoms with Crippen LogP contribution in [0.25, 0.3) is 0 Å². The van der Waals surface area contributed by atoms with Gasteiger partial charge in [-0.25, -0.2) is 0 Å². The molecule has 2 rings (SSSR count). The molecule has 19 heavy (non-hydrogen) atoms. The van der Waals surface area contributed by atoms with E-state index >= 15 is 0 Å². The number of rotatable bonds is 6. The van der Waals surface area contributed by atoms with E-state index in [9.17, 15) is 0 Å². The molecule has 3 N–H and O–H groups in total. The Morgan fingerprint density at radius 3 is 2.95 bits per heavy atom. The Hall–Kier alpha value is -2.24. The molecular weight excluding hydrogens is 242 g/mol. The van der Waals surface area contributed by atoms with E-state index in [1.807, 2.05) is 29.8 Å². The van der Waals surface area contributed by atoms with E-state index < -0.39 is 0 Å². The molecule has 102 valence electrons. The van der Waals surface area contributed by atoms with Crippen LogP contribution in [0.3, 0.4) is 0 Å². The zero-order valence-corrected chi connectivity index (χ0v) is 11.3. The first kappa shape index (κ1) is 13.2. The predicted octanol–water partition coefficient (Wildman–Crippen LogP) is 1.80. The highest BCUT2D eigenvalue weighted by Gasteiger charge is 2.07. The summed E-state index contributed by atoms with van der Waals surface area (Å²) in [4.78, 5) is 0. The molecule has 1 aromatic carbocycles. The van der Waals surface area contributed by atoms with Crippen LogP contribution in [0.15, 0.2) is 24.5 Å². The second-order valence-corrected chi connectivity index (χ2v) is 4.28. The van der Waals surface area contributed by atoms with Crippen LogP contribution in [-0.4, -0.2) is 21.4 Å². The number of hydrogen-bond donors (Lipinski definition) is 2. The number of nitrogens with one attached hydrogen (secondary N) is 1. The molecule has 0 saturated carbocycles. The van der Waals surface area contributed by atoms with Crippen molar-refractivity contribution in [2.24, 2.45) is 7.05 Å². The van der Waals surface area contributed by atoms with Gasteiger partial charge in [0, 0.05) is 7.05 Å². The highest BCUT2D eigenvalue weighted by atomic mass is 16.5. The predicted molar refractivity (Wildman–Crippen MR) is 75.0 cm³/mol. The fourth-order valence-electron chi connectivity index (χ4n) is 1.68. The lowest BCUT2D eigenvalue weighted by Crippen LogP contribution is -2.08. The van der Waals surface area contributed by atoms with Crippen LogP contribution in [0.4, 0.5) is 11.4 Å². The van der Waals surface area contributed by atoms with Gasteiger partial charge in [-0.3, -0.25) is 0 Å². The Bertz CT molecular complexity index is 538. The number of para-hydroxylation sites is 1. The Morgan fingerprint density at radius 2 is 2.26 bits per heavy atom. The van der Waals surface area contributed by atoms with Crippen molar-refractivity contribution in [2.75, 3.05) is 17.7 Å². The van der Waals surface area contributed by atoms with E-state index in [0.29, 0.717) is 24.6 Å². The Morgan fingerprint density at radius 1 is 1.42 bits per heavy atom. The van der Waals surface area contributed by atoms with Crippen LogP contribution >= 0.6 is 0 Å². The quantitative estimate of drug-likeness (QED) is 0.775. The van der Waals surface area contributed by atoms with E-state index in [1.165, 1.54) is 0 Å². The lowest BCUT2D eigenvalue weighted by Gasteiger charge is -2.13. The number of nitrogen functional groups attached to an aromatic ring is 1. The SMILES string of the molecule is CCCOc1cccc(NCc2nncn2C)c1N. The standard InChI is InChI=1S/C13H19N5O/c1-3-7-19-11-6-4-5-10(13(11)14)15-8-12-17-16-9-18(12)2/h4-6,9,15H,3,7-8,14H2,1-2H3. The summed E-state index contributed by atoms with van der Waals surface area (Å²) >= 11 is 0. The van der Waals surface area contributed by atoms with Gasteiger partial charge in [-0.05, 0) is 18.6 Å². The van der Waals surface area contributed by atoms with Gasteiger partial charge in [0.2, 0.25) is 0 Å². The average molecular weight is 261 g/mol. The van der Waals surface area contributed by atoms with E-state index in [-0.39, 0.29) is 0 Å². The molecule has 0 radical (unpaired) electrons. The molecule has 0 unspecified atom stereocenters. The van der Waals surface area contributed by atoms with Crippen molar-refractivity contribution >= 4 is 11.4 Å². The molecular formula is C13H19N5O. The number of nitrogens with two attached hydrogens (primary N) is 1. The Labute approximate surface area is 112 Å². The maximum absolute atomic E-state index is 6.07. The smallest absolute Gasteiger partial charge is 0.151 e. The highest BCUT2D eigenvalue weighted by Crippen LogP contribution is 2.29. The molecule has 1 aromatic heterocycles. The van der Waals surface area contributed by atoms with Crippen molar-refractivity contribution in [3.63, 3.8) is 0 Å². The fourth-order valence-corrected chi connectivity index (χ4v) is 1.68. The van der Waals surface area contributed by atoms with Crippen LogP contribution < -0.4 is 15.8 Å². The second kappa shape index (κ2) is 6.08. The minimum atomic E-state index is 0.567. The fraction of sp³-hybridized carbons (Fsp3) is 0.385. The van der Waals surface area contributed by atoms with Gasteiger partial charge >= 0.3 is 0 Å². The molecule has 0 aliphatic rings. The number of anilines is 2. The van der Waals surface area contributed by atoms with Crippen molar-refractivity contribution in [2.45, 2.75) is 19.9 Å². The zero-order chi connectivity index (χ0) is 13.7. The molecule has 0 fully saturated rings. The molecule has 6 heteroatoms. The third-order valence-electron chi connectivity index (χ3n) is 2.77. The van der Waals surface area contributed by atoms with Crippen molar-refractivity contribution in [1.82, 2.24) is 14.8 Å². The molecule has 0 atom stereocenters. The van der Waals surface area contributed by atoms with E-state index in [0.717, 1.165) is 17.9 Å². The molecule has 0 saturated heterocycles. The van der Waals surface area contributed by atoms with Gasteiger partial charge in [0.05, 0.1) is 24.5 Å². The summed E-state index contributed by atoms with van der Waals surface area (Å²) in [6, 6.07) is 5.71. The molecule has 0 aliphatic heterocycles. The highest BCUT2D eigenvalue weighted by molar-refractivity contribution is 5.72. The summed E-state index contributed by atoms with van der Waals surface area (Å²) < 4.78 is 7.45. The molecule has 0 amide bonds. The third-order valence-corrected chi connectivity index (χ3v) is 2.77. The van der Waals surface area contributed by atoms with Gasteiger partial charge in [0.25, 0.3) is 0 Å². The van der Waals surface area contributed by atoms with Crippen molar-refractivity contribution in [3.05, 3.63) is 30.4 Å². The molecule has 0 spiro atoms. The lowest BCUT2D eigenvalue weighted by molar-refractivity contribution is 0.319. The van der Waals surface area contributed by atoms with Gasteiger partial charge in [-0.1, -0.05) is 13.0 Å². The maximum atomic E-state index is 6.07. The summed E-state index contributed by atoms with van der Waals surface area (Å²) in [5, 5.41) is 11.1. The van der Waals surface area contributed by atoms with Gasteiger partial charge in [-0.2, -0.15) is 0 Å². The van der Waals surface area contributed by atoms with E-state index in [4.69, 9.17) is 10.5 Å². The van der Waals surface area contributed by atoms with Gasteiger partial charge in [0.1, 0.15) is 12.1 Å². The largest absolute Gasteiger partial charge is 0.491 e. The maximum Gasteiger partial charge on any atom is 0.151 e. The lowest BCUT2D eigenvalue weighted by atomic mass is 10.2. The second-order valence-electron chi connectivity index (χ2n) is 4.28. The minimum absolute atomic E-state index is 0.567. The van der Waals surface area contributed by atoms with Crippen LogP contribution in [0.5, 0.6) is 5.75 Å². The summed E-state index contributed by atoms with van der Waals surface area (Å²) in [5.74, 6) is 1.56. The number of ether oxygens (including phenoxy) is 1. The number of nitrogens with zero attached hydrogens (tertiary/aromatic N) is 3.